The maximum atomic E-state index is 11.2. The van der Waals surface area contributed by atoms with E-state index in [1.807, 2.05) is 0 Å². The Morgan fingerprint density at radius 1 is 1.31 bits per heavy atom. The van der Waals surface area contributed by atoms with Crippen molar-refractivity contribution >= 4 is 11.9 Å². The third-order valence-electron chi connectivity index (χ3n) is 1.36. The van der Waals surface area contributed by atoms with E-state index in [0.717, 1.165) is 0 Å². The van der Waals surface area contributed by atoms with Gasteiger partial charge in [-0.3, -0.25) is 9.59 Å². The van der Waals surface area contributed by atoms with E-state index in [9.17, 15) is 9.59 Å². The van der Waals surface area contributed by atoms with E-state index in [1.54, 1.807) is 20.8 Å². The normalized spacial score (nSPS) is 11.2. The molecule has 3 N–H and O–H groups in total. The Hall–Kier alpha value is -1.14. The highest BCUT2D eigenvalue weighted by Gasteiger charge is 2.15. The fourth-order valence-corrected chi connectivity index (χ4v) is 0.885. The molecule has 0 aromatic carbocycles. The number of hydrogen-bond donors (Lipinski definition) is 2. The van der Waals surface area contributed by atoms with Gasteiger partial charge in [0.15, 0.2) is 0 Å². The highest BCUT2D eigenvalue weighted by atomic mass is 16.6. The summed E-state index contributed by atoms with van der Waals surface area (Å²) in [7, 11) is 0. The monoisotopic (exact) mass is 232 g/mol. The fraction of sp³-hybridized carbons (Fsp3) is 0.800. The molecule has 0 rings (SSSR count). The van der Waals surface area contributed by atoms with Gasteiger partial charge >= 0.3 is 5.97 Å². The molecule has 94 valence electrons. The first-order valence-electron chi connectivity index (χ1n) is 5.10. The Morgan fingerprint density at radius 2 is 1.94 bits per heavy atom. The molecule has 1 amide bonds. The van der Waals surface area contributed by atoms with Crippen LogP contribution in [0.1, 0.15) is 20.8 Å². The summed E-state index contributed by atoms with van der Waals surface area (Å²) in [6, 6.07) is 0. The summed E-state index contributed by atoms with van der Waals surface area (Å²) in [5.41, 5.74) is 4.40. The summed E-state index contributed by atoms with van der Waals surface area (Å²) >= 11 is 0. The molecular formula is C10H20N2O4. The number of carbonyl (C=O) groups excluding carboxylic acids is 2. The largest absolute Gasteiger partial charge is 0.459 e. The van der Waals surface area contributed by atoms with E-state index < -0.39 is 11.5 Å². The van der Waals surface area contributed by atoms with Crippen LogP contribution in [0.5, 0.6) is 0 Å². The average molecular weight is 232 g/mol. The second kappa shape index (κ2) is 7.19. The summed E-state index contributed by atoms with van der Waals surface area (Å²) in [6.45, 7) is 6.23. The highest BCUT2D eigenvalue weighted by Crippen LogP contribution is 2.05. The topological polar surface area (TPSA) is 90.7 Å². The Morgan fingerprint density at radius 3 is 2.44 bits per heavy atom. The Labute approximate surface area is 95.5 Å². The van der Waals surface area contributed by atoms with Crippen molar-refractivity contribution in [3.63, 3.8) is 0 Å². The van der Waals surface area contributed by atoms with Crippen LogP contribution in [0.15, 0.2) is 0 Å². The molecule has 0 bridgehead atoms. The van der Waals surface area contributed by atoms with Crippen LogP contribution in [0.4, 0.5) is 0 Å². The van der Waals surface area contributed by atoms with Gasteiger partial charge in [-0.1, -0.05) is 0 Å². The summed E-state index contributed by atoms with van der Waals surface area (Å²) in [5, 5.41) is 2.83. The maximum Gasteiger partial charge on any atom is 0.320 e. The molecule has 0 unspecified atom stereocenters. The molecule has 0 radical (unpaired) electrons. The van der Waals surface area contributed by atoms with Crippen molar-refractivity contribution in [2.75, 3.05) is 26.3 Å². The number of amides is 1. The Kier molecular flexibility index (Phi) is 6.67. The zero-order valence-corrected chi connectivity index (χ0v) is 10.0. The molecule has 0 saturated heterocycles. The van der Waals surface area contributed by atoms with Crippen LogP contribution < -0.4 is 11.1 Å². The van der Waals surface area contributed by atoms with E-state index in [-0.39, 0.29) is 19.1 Å². The van der Waals surface area contributed by atoms with Crippen LogP contribution in [0.25, 0.3) is 0 Å². The molecule has 0 atom stereocenters. The molecule has 0 aliphatic carbocycles. The Bertz CT molecular complexity index is 235. The zero-order valence-electron chi connectivity index (χ0n) is 10.0. The van der Waals surface area contributed by atoms with Crippen LogP contribution in [0.3, 0.4) is 0 Å². The van der Waals surface area contributed by atoms with E-state index in [2.05, 4.69) is 5.32 Å². The lowest BCUT2D eigenvalue weighted by molar-refractivity contribution is -0.153. The minimum absolute atomic E-state index is 0.103. The van der Waals surface area contributed by atoms with Gasteiger partial charge in [0.25, 0.3) is 0 Å². The maximum absolute atomic E-state index is 11.2. The number of hydrogen-bond acceptors (Lipinski definition) is 5. The van der Waals surface area contributed by atoms with Gasteiger partial charge in [0.2, 0.25) is 5.91 Å². The van der Waals surface area contributed by atoms with Crippen LogP contribution in [0, 0.1) is 0 Å². The van der Waals surface area contributed by atoms with Crippen molar-refractivity contribution in [2.45, 2.75) is 26.4 Å². The van der Waals surface area contributed by atoms with Gasteiger partial charge in [-0.05, 0) is 20.8 Å². The lowest BCUT2D eigenvalue weighted by Crippen LogP contribution is -2.33. The number of esters is 1. The highest BCUT2D eigenvalue weighted by molar-refractivity contribution is 5.75. The first kappa shape index (κ1) is 14.9. The standard InChI is InChI=1S/C10H20N2O4/c1-10(2,3)16-9(14)6-12-4-5-15-7-8(11)13/h12H,4-7H2,1-3H3,(H2,11,13). The first-order valence-corrected chi connectivity index (χ1v) is 5.10. The SMILES string of the molecule is CC(C)(C)OC(=O)CNCCOCC(N)=O. The fourth-order valence-electron chi connectivity index (χ4n) is 0.885. The van der Waals surface area contributed by atoms with E-state index >= 15 is 0 Å². The summed E-state index contributed by atoms with van der Waals surface area (Å²) in [5.74, 6) is -0.824. The number of primary amides is 1. The van der Waals surface area contributed by atoms with Gasteiger partial charge in [-0.25, -0.2) is 0 Å². The van der Waals surface area contributed by atoms with Gasteiger partial charge < -0.3 is 20.5 Å². The second-order valence-electron chi connectivity index (χ2n) is 4.28. The van der Waals surface area contributed by atoms with Gasteiger partial charge in [0.05, 0.1) is 13.2 Å². The summed E-state index contributed by atoms with van der Waals surface area (Å²) < 4.78 is 9.95. The van der Waals surface area contributed by atoms with Crippen LogP contribution >= 0.6 is 0 Å². The van der Waals surface area contributed by atoms with Crippen molar-refractivity contribution in [3.05, 3.63) is 0 Å². The van der Waals surface area contributed by atoms with Crippen molar-refractivity contribution in [1.29, 1.82) is 0 Å². The van der Waals surface area contributed by atoms with Crippen LogP contribution in [-0.2, 0) is 19.1 Å². The minimum Gasteiger partial charge on any atom is -0.459 e. The molecule has 6 heteroatoms. The molecule has 0 fully saturated rings. The number of ether oxygens (including phenoxy) is 2. The van der Waals surface area contributed by atoms with Crippen LogP contribution in [0.2, 0.25) is 0 Å². The van der Waals surface area contributed by atoms with Crippen molar-refractivity contribution in [3.8, 4) is 0 Å². The average Bonchev–Trinajstić information content (AvgIpc) is 2.07. The Balaban J connectivity index is 3.38. The summed E-state index contributed by atoms with van der Waals surface area (Å²) in [4.78, 5) is 21.5. The smallest absolute Gasteiger partial charge is 0.320 e. The molecule has 0 saturated carbocycles. The third-order valence-corrected chi connectivity index (χ3v) is 1.36. The van der Waals surface area contributed by atoms with Gasteiger partial charge in [-0.2, -0.15) is 0 Å². The lowest BCUT2D eigenvalue weighted by Gasteiger charge is -2.19. The van der Waals surface area contributed by atoms with Gasteiger partial charge in [-0.15, -0.1) is 0 Å². The molecular weight excluding hydrogens is 212 g/mol. The van der Waals surface area contributed by atoms with Crippen LogP contribution in [-0.4, -0.2) is 43.8 Å². The minimum atomic E-state index is -0.507. The number of rotatable bonds is 7. The quantitative estimate of drug-likeness (QED) is 0.452. The molecule has 0 aliphatic heterocycles. The predicted molar refractivity (Wildman–Crippen MR) is 58.7 cm³/mol. The zero-order chi connectivity index (χ0) is 12.6. The molecule has 0 spiro atoms. The van der Waals surface area contributed by atoms with Gasteiger partial charge in [0.1, 0.15) is 12.2 Å². The number of carbonyl (C=O) groups is 2. The first-order chi connectivity index (χ1) is 7.31. The third kappa shape index (κ3) is 10.9. The molecule has 0 aromatic rings. The molecule has 6 nitrogen and oxygen atoms in total. The number of nitrogens with two attached hydrogens (primary N) is 1. The molecule has 0 aromatic heterocycles. The lowest BCUT2D eigenvalue weighted by atomic mass is 10.2. The predicted octanol–water partition coefficient (Wildman–Crippen LogP) is -0.580. The number of nitrogens with one attached hydrogen (secondary N) is 1. The van der Waals surface area contributed by atoms with E-state index in [0.29, 0.717) is 13.2 Å². The van der Waals surface area contributed by atoms with Gasteiger partial charge in [0, 0.05) is 6.54 Å². The molecule has 0 aliphatic rings. The molecule has 16 heavy (non-hydrogen) atoms. The van der Waals surface area contributed by atoms with Crippen molar-refractivity contribution in [1.82, 2.24) is 5.32 Å². The molecule has 0 heterocycles. The van der Waals surface area contributed by atoms with E-state index in [1.165, 1.54) is 0 Å². The second-order valence-corrected chi connectivity index (χ2v) is 4.28. The van der Waals surface area contributed by atoms with E-state index in [4.69, 9.17) is 15.2 Å². The van der Waals surface area contributed by atoms with Crippen molar-refractivity contribution < 1.29 is 19.1 Å². The summed E-state index contributed by atoms with van der Waals surface area (Å²) in [6.07, 6.45) is 0. The van der Waals surface area contributed by atoms with Crippen molar-refractivity contribution in [2.24, 2.45) is 5.73 Å².